The van der Waals surface area contributed by atoms with Crippen LogP contribution in [-0.4, -0.2) is 57.2 Å². The van der Waals surface area contributed by atoms with E-state index in [4.69, 9.17) is 21.7 Å². The number of hydrogen-bond acceptors (Lipinski definition) is 5. The van der Waals surface area contributed by atoms with Crippen LogP contribution < -0.4 is 4.90 Å². The molecule has 1 aliphatic heterocycles. The van der Waals surface area contributed by atoms with E-state index >= 15 is 0 Å². The molecule has 3 aromatic rings. The van der Waals surface area contributed by atoms with Gasteiger partial charge in [-0.3, -0.25) is 0 Å². The van der Waals surface area contributed by atoms with Crippen LogP contribution in [0.2, 0.25) is 5.02 Å². The van der Waals surface area contributed by atoms with E-state index in [1.807, 2.05) is 41.3 Å². The number of anilines is 1. The monoisotopic (exact) mass is 369 g/mol. The van der Waals surface area contributed by atoms with E-state index < -0.39 is 6.09 Å². The summed E-state index contributed by atoms with van der Waals surface area (Å²) in [6.45, 7) is 2.00. The zero-order chi connectivity index (χ0) is 18.1. The van der Waals surface area contributed by atoms with Crippen LogP contribution in [0.4, 0.5) is 10.6 Å². The SMILES string of the molecule is O=C(O)N1CCN(c2ncnc3ccc(-c4ccccc4Cl)nc23)CC1. The minimum absolute atomic E-state index is 0.436. The number of halogens is 1. The first-order chi connectivity index (χ1) is 12.6. The number of carboxylic acid groups (broad SMARTS) is 1. The molecule has 0 bridgehead atoms. The number of pyridine rings is 1. The minimum Gasteiger partial charge on any atom is -0.465 e. The number of nitrogens with zero attached hydrogens (tertiary/aromatic N) is 5. The number of aromatic nitrogens is 3. The Kier molecular flexibility index (Phi) is 4.30. The molecule has 132 valence electrons. The molecule has 7 nitrogen and oxygen atoms in total. The van der Waals surface area contributed by atoms with Crippen LogP contribution in [0.15, 0.2) is 42.7 Å². The topological polar surface area (TPSA) is 82.5 Å². The highest BCUT2D eigenvalue weighted by Gasteiger charge is 2.23. The van der Waals surface area contributed by atoms with E-state index in [-0.39, 0.29) is 0 Å². The van der Waals surface area contributed by atoms with E-state index in [0.717, 1.165) is 16.8 Å². The number of piperazine rings is 1. The molecule has 8 heteroatoms. The maximum atomic E-state index is 11.1. The van der Waals surface area contributed by atoms with Gasteiger partial charge in [0.15, 0.2) is 5.82 Å². The molecule has 1 fully saturated rings. The molecule has 26 heavy (non-hydrogen) atoms. The second-order valence-corrected chi connectivity index (χ2v) is 6.41. The van der Waals surface area contributed by atoms with Crippen LogP contribution in [0, 0.1) is 0 Å². The van der Waals surface area contributed by atoms with Crippen molar-refractivity contribution in [1.29, 1.82) is 0 Å². The smallest absolute Gasteiger partial charge is 0.407 e. The minimum atomic E-state index is -0.892. The second kappa shape index (κ2) is 6.76. The first-order valence-corrected chi connectivity index (χ1v) is 8.61. The van der Waals surface area contributed by atoms with Gasteiger partial charge in [-0.25, -0.2) is 19.7 Å². The maximum absolute atomic E-state index is 11.1. The van der Waals surface area contributed by atoms with Gasteiger partial charge in [-0.2, -0.15) is 0 Å². The van der Waals surface area contributed by atoms with E-state index in [2.05, 4.69) is 9.97 Å². The largest absolute Gasteiger partial charge is 0.465 e. The summed E-state index contributed by atoms with van der Waals surface area (Å²) >= 11 is 6.30. The average molecular weight is 370 g/mol. The molecule has 0 saturated carbocycles. The Labute approximate surface area is 154 Å². The highest BCUT2D eigenvalue weighted by molar-refractivity contribution is 6.33. The molecule has 1 aliphatic rings. The Morgan fingerprint density at radius 2 is 1.81 bits per heavy atom. The maximum Gasteiger partial charge on any atom is 0.407 e. The number of fused-ring (bicyclic) bond motifs is 1. The number of carbonyl (C=O) groups is 1. The molecular formula is C18H16ClN5O2. The van der Waals surface area contributed by atoms with Gasteiger partial charge >= 0.3 is 6.09 Å². The van der Waals surface area contributed by atoms with Crippen LogP contribution in [0.25, 0.3) is 22.3 Å². The fraction of sp³-hybridized carbons (Fsp3) is 0.222. The number of benzene rings is 1. The van der Waals surface area contributed by atoms with Crippen molar-refractivity contribution in [3.63, 3.8) is 0 Å². The molecule has 0 radical (unpaired) electrons. The quantitative estimate of drug-likeness (QED) is 0.747. The Morgan fingerprint density at radius 1 is 1.04 bits per heavy atom. The predicted molar refractivity (Wildman–Crippen MR) is 99.6 cm³/mol. The van der Waals surface area contributed by atoms with Crippen LogP contribution >= 0.6 is 11.6 Å². The van der Waals surface area contributed by atoms with Gasteiger partial charge in [0, 0.05) is 36.8 Å². The van der Waals surface area contributed by atoms with Gasteiger partial charge in [-0.05, 0) is 18.2 Å². The van der Waals surface area contributed by atoms with E-state index in [1.165, 1.54) is 11.2 Å². The molecule has 0 atom stereocenters. The Hall–Kier alpha value is -2.93. The van der Waals surface area contributed by atoms with Crippen molar-refractivity contribution in [2.24, 2.45) is 0 Å². The highest BCUT2D eigenvalue weighted by atomic mass is 35.5. The van der Waals surface area contributed by atoms with Crippen LogP contribution in [-0.2, 0) is 0 Å². The fourth-order valence-electron chi connectivity index (χ4n) is 3.09. The summed E-state index contributed by atoms with van der Waals surface area (Å²) in [5, 5.41) is 9.74. The zero-order valence-corrected chi connectivity index (χ0v) is 14.6. The van der Waals surface area contributed by atoms with Gasteiger partial charge in [0.05, 0.1) is 11.2 Å². The van der Waals surface area contributed by atoms with Crippen molar-refractivity contribution in [2.45, 2.75) is 0 Å². The molecule has 1 aromatic carbocycles. The third kappa shape index (κ3) is 3.01. The van der Waals surface area contributed by atoms with Crippen molar-refractivity contribution in [3.05, 3.63) is 47.7 Å². The third-order valence-corrected chi connectivity index (χ3v) is 4.79. The van der Waals surface area contributed by atoms with Crippen molar-refractivity contribution in [3.8, 4) is 11.3 Å². The lowest BCUT2D eigenvalue weighted by molar-refractivity contribution is 0.142. The molecule has 0 aliphatic carbocycles. The third-order valence-electron chi connectivity index (χ3n) is 4.46. The van der Waals surface area contributed by atoms with Gasteiger partial charge in [0.2, 0.25) is 0 Å². The second-order valence-electron chi connectivity index (χ2n) is 6.00. The lowest BCUT2D eigenvalue weighted by Crippen LogP contribution is -2.48. The van der Waals surface area contributed by atoms with E-state index in [9.17, 15) is 4.79 Å². The summed E-state index contributed by atoms with van der Waals surface area (Å²) < 4.78 is 0. The van der Waals surface area contributed by atoms with Crippen molar-refractivity contribution in [2.75, 3.05) is 31.1 Å². The molecule has 1 saturated heterocycles. The fourth-order valence-corrected chi connectivity index (χ4v) is 3.32. The van der Waals surface area contributed by atoms with Crippen LogP contribution in [0.3, 0.4) is 0 Å². The molecular weight excluding hydrogens is 354 g/mol. The first kappa shape index (κ1) is 16.5. The van der Waals surface area contributed by atoms with Gasteiger partial charge in [0.25, 0.3) is 0 Å². The van der Waals surface area contributed by atoms with Crippen molar-refractivity contribution >= 4 is 34.5 Å². The number of amides is 1. The lowest BCUT2D eigenvalue weighted by atomic mass is 10.1. The summed E-state index contributed by atoms with van der Waals surface area (Å²) in [4.78, 5) is 28.0. The molecule has 0 spiro atoms. The highest BCUT2D eigenvalue weighted by Crippen LogP contribution is 2.29. The molecule has 4 rings (SSSR count). The van der Waals surface area contributed by atoms with Gasteiger partial charge in [-0.15, -0.1) is 0 Å². The Bertz CT molecular complexity index is 973. The zero-order valence-electron chi connectivity index (χ0n) is 13.8. The number of rotatable bonds is 2. The summed E-state index contributed by atoms with van der Waals surface area (Å²) in [7, 11) is 0. The molecule has 1 amide bonds. The number of hydrogen-bond donors (Lipinski definition) is 1. The van der Waals surface area contributed by atoms with Gasteiger partial charge in [-0.1, -0.05) is 29.8 Å². The summed E-state index contributed by atoms with van der Waals surface area (Å²) in [5.41, 5.74) is 3.03. The predicted octanol–water partition coefficient (Wildman–Crippen LogP) is 3.15. The van der Waals surface area contributed by atoms with Crippen molar-refractivity contribution < 1.29 is 9.90 Å². The Morgan fingerprint density at radius 3 is 2.54 bits per heavy atom. The summed E-state index contributed by atoms with van der Waals surface area (Å²) in [6.07, 6.45) is 0.620. The van der Waals surface area contributed by atoms with Crippen LogP contribution in [0.1, 0.15) is 0 Å². The van der Waals surface area contributed by atoms with Crippen LogP contribution in [0.5, 0.6) is 0 Å². The Balaban J connectivity index is 1.73. The lowest BCUT2D eigenvalue weighted by Gasteiger charge is -2.34. The summed E-state index contributed by atoms with van der Waals surface area (Å²) in [5.74, 6) is 0.717. The first-order valence-electron chi connectivity index (χ1n) is 8.23. The average Bonchev–Trinajstić information content (AvgIpc) is 2.67. The van der Waals surface area contributed by atoms with E-state index in [1.54, 1.807) is 0 Å². The molecule has 1 N–H and O–H groups in total. The standard InChI is InChI=1S/C18H16ClN5O2/c19-13-4-2-1-3-12(13)14-5-6-15-16(22-14)17(21-11-20-15)23-7-9-24(10-8-23)18(25)26/h1-6,11H,7-10H2,(H,25,26). The normalized spacial score (nSPS) is 14.7. The summed E-state index contributed by atoms with van der Waals surface area (Å²) in [6, 6.07) is 11.3. The van der Waals surface area contributed by atoms with E-state index in [0.29, 0.717) is 42.5 Å². The van der Waals surface area contributed by atoms with Gasteiger partial charge < -0.3 is 14.9 Å². The van der Waals surface area contributed by atoms with Crippen molar-refractivity contribution in [1.82, 2.24) is 19.9 Å². The molecule has 0 unspecified atom stereocenters. The molecule has 2 aromatic heterocycles. The van der Waals surface area contributed by atoms with Gasteiger partial charge in [0.1, 0.15) is 11.8 Å². The molecule has 3 heterocycles.